The van der Waals surface area contributed by atoms with Crippen LogP contribution in [0.4, 0.5) is 0 Å². The van der Waals surface area contributed by atoms with Gasteiger partial charge in [-0.1, -0.05) is 0 Å². The minimum atomic E-state index is -0.535. The number of fused-ring (bicyclic) bond motifs is 1. The second kappa shape index (κ2) is 2.44. The Morgan fingerprint density at radius 3 is 3.17 bits per heavy atom. The molecular weight excluding hydrogens is 158 g/mol. The van der Waals surface area contributed by atoms with Gasteiger partial charge in [0.2, 0.25) is 0 Å². The van der Waals surface area contributed by atoms with Crippen LogP contribution in [-0.4, -0.2) is 36.4 Å². The van der Waals surface area contributed by atoms with Gasteiger partial charge < -0.3 is 15.2 Å². The van der Waals surface area contributed by atoms with Crippen molar-refractivity contribution in [1.29, 1.82) is 0 Å². The Bertz CT molecular complexity index is 218. The van der Waals surface area contributed by atoms with E-state index in [9.17, 15) is 9.90 Å². The van der Waals surface area contributed by atoms with Crippen LogP contribution in [0, 0.1) is 5.92 Å². The van der Waals surface area contributed by atoms with Crippen LogP contribution in [-0.2, 0) is 9.53 Å². The zero-order valence-electron chi connectivity index (χ0n) is 7.04. The van der Waals surface area contributed by atoms with E-state index in [-0.39, 0.29) is 18.0 Å². The molecule has 3 atom stereocenters. The lowest BCUT2D eigenvalue weighted by atomic mass is 10.0. The minimum Gasteiger partial charge on any atom is -0.468 e. The van der Waals surface area contributed by atoms with Crippen LogP contribution in [0.1, 0.15) is 12.8 Å². The minimum absolute atomic E-state index is 0.0821. The summed E-state index contributed by atoms with van der Waals surface area (Å²) in [6, 6.07) is 0. The fourth-order valence-corrected chi connectivity index (χ4v) is 2.09. The molecule has 1 saturated heterocycles. The van der Waals surface area contributed by atoms with Crippen LogP contribution >= 0.6 is 0 Å². The molecule has 0 aromatic carbocycles. The third-order valence-electron chi connectivity index (χ3n) is 2.91. The molecule has 1 aliphatic carbocycles. The molecule has 68 valence electrons. The number of hydrogen-bond acceptors (Lipinski definition) is 4. The zero-order valence-corrected chi connectivity index (χ0v) is 7.04. The van der Waals surface area contributed by atoms with Gasteiger partial charge in [-0.05, 0) is 19.4 Å². The molecule has 1 aliphatic heterocycles. The van der Waals surface area contributed by atoms with Gasteiger partial charge in [0.05, 0.1) is 13.2 Å². The smallest absolute Gasteiger partial charge is 0.326 e. The molecule has 0 aromatic heterocycles. The summed E-state index contributed by atoms with van der Waals surface area (Å²) >= 11 is 0. The van der Waals surface area contributed by atoms with E-state index in [0.717, 1.165) is 12.8 Å². The summed E-state index contributed by atoms with van der Waals surface area (Å²) in [5.74, 6) is -0.148. The molecule has 0 aromatic rings. The Hall–Kier alpha value is -0.610. The van der Waals surface area contributed by atoms with Gasteiger partial charge >= 0.3 is 5.97 Å². The Balaban J connectivity index is 2.10. The van der Waals surface area contributed by atoms with E-state index in [1.165, 1.54) is 7.11 Å². The number of carbonyl (C=O) groups is 1. The van der Waals surface area contributed by atoms with Crippen LogP contribution in [0.2, 0.25) is 0 Å². The molecule has 2 fully saturated rings. The van der Waals surface area contributed by atoms with Crippen molar-refractivity contribution in [3.05, 3.63) is 0 Å². The maximum atomic E-state index is 11.3. The van der Waals surface area contributed by atoms with Crippen molar-refractivity contribution in [3.63, 3.8) is 0 Å². The molecule has 1 saturated carbocycles. The molecule has 4 nitrogen and oxygen atoms in total. The summed E-state index contributed by atoms with van der Waals surface area (Å²) in [4.78, 5) is 11.3. The maximum Gasteiger partial charge on any atom is 0.326 e. The molecule has 12 heavy (non-hydrogen) atoms. The molecule has 0 radical (unpaired) electrons. The molecular formula is C8H13NO3. The molecule has 2 rings (SSSR count). The molecule has 2 aliphatic rings. The standard InChI is InChI=1S/C8H13NO3/c1-12-7(11)8-4-5(8)6(10)2-3-9-8/h5-6,9-10H,2-4H2,1H3/t5-,6-,8-/m0/s1. The van der Waals surface area contributed by atoms with Crippen LogP contribution in [0.15, 0.2) is 0 Å². The Morgan fingerprint density at radius 1 is 1.75 bits per heavy atom. The zero-order chi connectivity index (χ0) is 8.77. The number of methoxy groups -OCH3 is 1. The van der Waals surface area contributed by atoms with Crippen LogP contribution in [0.5, 0.6) is 0 Å². The monoisotopic (exact) mass is 171 g/mol. The quantitative estimate of drug-likeness (QED) is 0.511. The molecule has 1 heterocycles. The molecule has 0 amide bonds. The van der Waals surface area contributed by atoms with Crippen molar-refractivity contribution in [2.24, 2.45) is 5.92 Å². The number of ether oxygens (including phenoxy) is 1. The molecule has 2 N–H and O–H groups in total. The van der Waals surface area contributed by atoms with E-state index < -0.39 is 5.54 Å². The number of rotatable bonds is 1. The van der Waals surface area contributed by atoms with Gasteiger partial charge in [0.15, 0.2) is 0 Å². The first-order valence-corrected chi connectivity index (χ1v) is 4.22. The highest BCUT2D eigenvalue weighted by Crippen LogP contribution is 2.49. The highest BCUT2D eigenvalue weighted by Gasteiger charge is 2.65. The third-order valence-corrected chi connectivity index (χ3v) is 2.91. The fourth-order valence-electron chi connectivity index (χ4n) is 2.09. The predicted molar refractivity (Wildman–Crippen MR) is 41.5 cm³/mol. The number of carbonyl (C=O) groups excluding carboxylic acids is 1. The van der Waals surface area contributed by atoms with Crippen LogP contribution in [0.25, 0.3) is 0 Å². The largest absolute Gasteiger partial charge is 0.468 e. The summed E-state index contributed by atoms with van der Waals surface area (Å²) in [5.41, 5.74) is -0.535. The van der Waals surface area contributed by atoms with Gasteiger partial charge in [-0.15, -0.1) is 0 Å². The summed E-state index contributed by atoms with van der Waals surface area (Å²) in [5, 5.41) is 12.6. The van der Waals surface area contributed by atoms with Crippen molar-refractivity contribution in [2.45, 2.75) is 24.5 Å². The summed E-state index contributed by atoms with van der Waals surface area (Å²) in [7, 11) is 1.38. The first kappa shape index (κ1) is 8.01. The average Bonchev–Trinajstić information content (AvgIpc) is 2.80. The molecule has 0 unspecified atom stereocenters. The topological polar surface area (TPSA) is 58.6 Å². The third kappa shape index (κ3) is 0.881. The summed E-state index contributed by atoms with van der Waals surface area (Å²) in [6.07, 6.45) is 1.13. The van der Waals surface area contributed by atoms with Crippen molar-refractivity contribution in [1.82, 2.24) is 5.32 Å². The lowest BCUT2D eigenvalue weighted by Gasteiger charge is -2.24. The number of hydrogen-bond donors (Lipinski definition) is 2. The van der Waals surface area contributed by atoms with Gasteiger partial charge in [0, 0.05) is 5.92 Å². The Kier molecular flexibility index (Phi) is 1.63. The lowest BCUT2D eigenvalue weighted by molar-refractivity contribution is -0.146. The van der Waals surface area contributed by atoms with Crippen molar-refractivity contribution in [3.8, 4) is 0 Å². The van der Waals surface area contributed by atoms with E-state index in [1.807, 2.05) is 0 Å². The predicted octanol–water partition coefficient (Wildman–Crippen LogP) is -0.728. The van der Waals surface area contributed by atoms with Crippen LogP contribution < -0.4 is 5.32 Å². The van der Waals surface area contributed by atoms with Gasteiger partial charge in [-0.2, -0.15) is 0 Å². The number of aliphatic hydroxyl groups is 1. The van der Waals surface area contributed by atoms with E-state index in [1.54, 1.807) is 0 Å². The maximum absolute atomic E-state index is 11.3. The van der Waals surface area contributed by atoms with E-state index in [0.29, 0.717) is 6.54 Å². The van der Waals surface area contributed by atoms with Gasteiger partial charge in [0.1, 0.15) is 5.54 Å². The van der Waals surface area contributed by atoms with Gasteiger partial charge in [-0.25, -0.2) is 0 Å². The van der Waals surface area contributed by atoms with Gasteiger partial charge in [-0.3, -0.25) is 4.79 Å². The van der Waals surface area contributed by atoms with Crippen molar-refractivity contribution in [2.75, 3.05) is 13.7 Å². The van der Waals surface area contributed by atoms with Crippen molar-refractivity contribution >= 4 is 5.97 Å². The lowest BCUT2D eigenvalue weighted by Crippen LogP contribution is -2.48. The fraction of sp³-hybridized carbons (Fsp3) is 0.875. The number of aliphatic hydroxyl groups excluding tert-OH is 1. The second-order valence-electron chi connectivity index (χ2n) is 3.56. The molecule has 0 bridgehead atoms. The number of nitrogens with one attached hydrogen (secondary N) is 1. The average molecular weight is 171 g/mol. The van der Waals surface area contributed by atoms with E-state index in [2.05, 4.69) is 10.1 Å². The molecule has 0 spiro atoms. The highest BCUT2D eigenvalue weighted by atomic mass is 16.5. The molecule has 4 heteroatoms. The van der Waals surface area contributed by atoms with Crippen LogP contribution in [0.3, 0.4) is 0 Å². The normalized spacial score (nSPS) is 44.8. The SMILES string of the molecule is COC(=O)[C@]12C[C@H]1[C@@H](O)CCN2. The summed E-state index contributed by atoms with van der Waals surface area (Å²) < 4.78 is 4.67. The number of esters is 1. The Morgan fingerprint density at radius 2 is 2.50 bits per heavy atom. The summed E-state index contributed by atoms with van der Waals surface area (Å²) in [6.45, 7) is 0.701. The van der Waals surface area contributed by atoms with Crippen molar-refractivity contribution < 1.29 is 14.6 Å². The van der Waals surface area contributed by atoms with Gasteiger partial charge in [0.25, 0.3) is 0 Å². The first-order chi connectivity index (χ1) is 5.70. The Labute approximate surface area is 70.9 Å². The highest BCUT2D eigenvalue weighted by molar-refractivity contribution is 5.85. The second-order valence-corrected chi connectivity index (χ2v) is 3.56. The van der Waals surface area contributed by atoms with E-state index >= 15 is 0 Å². The number of piperidine rings is 1. The van der Waals surface area contributed by atoms with E-state index in [4.69, 9.17) is 0 Å². The first-order valence-electron chi connectivity index (χ1n) is 4.22.